The van der Waals surface area contributed by atoms with E-state index in [1.54, 1.807) is 24.3 Å². The summed E-state index contributed by atoms with van der Waals surface area (Å²) in [6.45, 7) is 0. The second-order valence-corrected chi connectivity index (χ2v) is 6.63. The SMILES string of the molecule is Nc1ccc(Cc2ccc(N)c(Cl)c2)cc1Cl.Nc1ccccc1Cl. The number of nitrogens with two attached hydrogens (primary N) is 3. The van der Waals surface area contributed by atoms with Gasteiger partial charge in [-0.25, -0.2) is 0 Å². The lowest BCUT2D eigenvalue weighted by molar-refractivity contribution is 1.19. The predicted molar refractivity (Wildman–Crippen MR) is 110 cm³/mol. The van der Waals surface area contributed by atoms with E-state index in [1.165, 1.54) is 0 Å². The summed E-state index contributed by atoms with van der Waals surface area (Å²) in [5.41, 5.74) is 20.7. The van der Waals surface area contributed by atoms with Crippen LogP contribution in [0.3, 0.4) is 0 Å². The lowest BCUT2D eigenvalue weighted by Gasteiger charge is -2.06. The van der Waals surface area contributed by atoms with Gasteiger partial charge in [-0.1, -0.05) is 59.1 Å². The molecule has 3 aromatic carbocycles. The van der Waals surface area contributed by atoms with Crippen LogP contribution in [-0.2, 0) is 6.42 Å². The van der Waals surface area contributed by atoms with Crippen molar-refractivity contribution in [3.05, 3.63) is 86.9 Å². The standard InChI is InChI=1S/C13H12Cl2N2.C6H6ClN/c14-10-6-8(1-3-12(10)16)5-9-2-4-13(17)11(15)7-9;7-5-3-1-2-4-6(5)8/h1-4,6-7H,5,16-17H2;1-4H,8H2. The third-order valence-corrected chi connectivity index (χ3v) is 4.44. The van der Waals surface area contributed by atoms with Crippen LogP contribution < -0.4 is 17.2 Å². The van der Waals surface area contributed by atoms with E-state index >= 15 is 0 Å². The summed E-state index contributed by atoms with van der Waals surface area (Å²) in [4.78, 5) is 0. The Morgan fingerprint density at radius 1 is 0.560 bits per heavy atom. The van der Waals surface area contributed by atoms with Crippen molar-refractivity contribution < 1.29 is 0 Å². The summed E-state index contributed by atoms with van der Waals surface area (Å²) in [7, 11) is 0. The minimum absolute atomic E-state index is 0.573. The predicted octanol–water partition coefficient (Wildman–Crippen LogP) is 5.67. The number of nitrogen functional groups attached to an aromatic ring is 3. The number of benzene rings is 3. The van der Waals surface area contributed by atoms with Gasteiger partial charge in [-0.3, -0.25) is 0 Å². The van der Waals surface area contributed by atoms with Gasteiger partial charge in [-0.15, -0.1) is 0 Å². The minimum Gasteiger partial charge on any atom is -0.398 e. The van der Waals surface area contributed by atoms with Gasteiger partial charge in [0, 0.05) is 0 Å². The highest BCUT2D eigenvalue weighted by Gasteiger charge is 2.02. The van der Waals surface area contributed by atoms with Gasteiger partial charge in [0.25, 0.3) is 0 Å². The first-order chi connectivity index (χ1) is 11.9. The molecule has 130 valence electrons. The smallest absolute Gasteiger partial charge is 0.0638 e. The van der Waals surface area contributed by atoms with Crippen molar-refractivity contribution in [3.63, 3.8) is 0 Å². The van der Waals surface area contributed by atoms with Gasteiger partial charge in [-0.2, -0.15) is 0 Å². The third-order valence-electron chi connectivity index (χ3n) is 3.44. The fraction of sp³-hybridized carbons (Fsp3) is 0.0526. The van der Waals surface area contributed by atoms with E-state index in [4.69, 9.17) is 52.0 Å². The van der Waals surface area contributed by atoms with E-state index in [9.17, 15) is 0 Å². The normalized spacial score (nSPS) is 10.0. The van der Waals surface area contributed by atoms with Crippen LogP contribution in [-0.4, -0.2) is 0 Å². The highest BCUT2D eigenvalue weighted by molar-refractivity contribution is 6.33. The highest BCUT2D eigenvalue weighted by atomic mass is 35.5. The molecule has 0 aliphatic heterocycles. The first kappa shape index (κ1) is 19.3. The maximum absolute atomic E-state index is 5.97. The Kier molecular flexibility index (Phi) is 6.82. The van der Waals surface area contributed by atoms with E-state index in [1.807, 2.05) is 36.4 Å². The van der Waals surface area contributed by atoms with Gasteiger partial charge in [-0.05, 0) is 53.9 Å². The van der Waals surface area contributed by atoms with Crippen LogP contribution in [0.4, 0.5) is 17.1 Å². The number of para-hydroxylation sites is 1. The Morgan fingerprint density at radius 3 is 1.36 bits per heavy atom. The van der Waals surface area contributed by atoms with E-state index in [0.717, 1.165) is 17.5 Å². The quantitative estimate of drug-likeness (QED) is 0.490. The first-order valence-electron chi connectivity index (χ1n) is 7.44. The van der Waals surface area contributed by atoms with Crippen molar-refractivity contribution in [1.82, 2.24) is 0 Å². The molecule has 3 aromatic rings. The molecule has 0 radical (unpaired) electrons. The topological polar surface area (TPSA) is 78.1 Å². The zero-order chi connectivity index (χ0) is 18.4. The molecular formula is C19H18Cl3N3. The zero-order valence-corrected chi connectivity index (χ0v) is 15.6. The van der Waals surface area contributed by atoms with Crippen LogP contribution in [0.5, 0.6) is 0 Å². The second kappa shape index (κ2) is 8.86. The maximum atomic E-state index is 5.97. The molecule has 6 heteroatoms. The van der Waals surface area contributed by atoms with Crippen molar-refractivity contribution in [3.8, 4) is 0 Å². The fourth-order valence-electron chi connectivity index (χ4n) is 2.07. The van der Waals surface area contributed by atoms with Gasteiger partial charge in [0.15, 0.2) is 0 Å². The molecule has 3 rings (SSSR count). The van der Waals surface area contributed by atoms with Gasteiger partial charge in [0.05, 0.1) is 32.1 Å². The molecular weight excluding hydrogens is 377 g/mol. The van der Waals surface area contributed by atoms with E-state index < -0.39 is 0 Å². The molecule has 25 heavy (non-hydrogen) atoms. The second-order valence-electron chi connectivity index (χ2n) is 5.41. The Morgan fingerprint density at radius 2 is 1.00 bits per heavy atom. The average Bonchev–Trinajstić information content (AvgIpc) is 2.58. The first-order valence-corrected chi connectivity index (χ1v) is 8.58. The van der Waals surface area contributed by atoms with Crippen molar-refractivity contribution in [2.24, 2.45) is 0 Å². The molecule has 0 atom stereocenters. The Bertz CT molecular complexity index is 796. The zero-order valence-electron chi connectivity index (χ0n) is 13.3. The van der Waals surface area contributed by atoms with Gasteiger partial charge >= 0.3 is 0 Å². The number of halogens is 3. The van der Waals surface area contributed by atoms with Crippen LogP contribution in [0.2, 0.25) is 15.1 Å². The lowest BCUT2D eigenvalue weighted by atomic mass is 10.0. The molecule has 0 spiro atoms. The van der Waals surface area contributed by atoms with Gasteiger partial charge in [0.2, 0.25) is 0 Å². The molecule has 6 N–H and O–H groups in total. The number of anilines is 3. The molecule has 0 aliphatic rings. The molecule has 0 amide bonds. The van der Waals surface area contributed by atoms with Crippen molar-refractivity contribution >= 4 is 51.9 Å². The van der Waals surface area contributed by atoms with E-state index in [-0.39, 0.29) is 0 Å². The Balaban J connectivity index is 0.000000236. The Hall–Kier alpha value is -2.07. The summed E-state index contributed by atoms with van der Waals surface area (Å²) in [5, 5.41) is 1.76. The molecule has 0 saturated carbocycles. The molecule has 0 unspecified atom stereocenters. The minimum atomic E-state index is 0.573. The van der Waals surface area contributed by atoms with Crippen LogP contribution in [0, 0.1) is 0 Å². The molecule has 0 aliphatic carbocycles. The lowest BCUT2D eigenvalue weighted by Crippen LogP contribution is -1.93. The van der Waals surface area contributed by atoms with Crippen molar-refractivity contribution in [2.45, 2.75) is 6.42 Å². The molecule has 0 heterocycles. The van der Waals surface area contributed by atoms with Crippen molar-refractivity contribution in [1.29, 1.82) is 0 Å². The monoisotopic (exact) mass is 393 g/mol. The molecule has 0 fully saturated rings. The number of rotatable bonds is 2. The summed E-state index contributed by atoms with van der Waals surface area (Å²) in [6.07, 6.45) is 0.750. The summed E-state index contributed by atoms with van der Waals surface area (Å²) in [5.74, 6) is 0. The van der Waals surface area contributed by atoms with E-state index in [2.05, 4.69) is 0 Å². The van der Waals surface area contributed by atoms with Gasteiger partial charge < -0.3 is 17.2 Å². The van der Waals surface area contributed by atoms with Crippen LogP contribution in [0.15, 0.2) is 60.7 Å². The molecule has 0 aromatic heterocycles. The van der Waals surface area contributed by atoms with Gasteiger partial charge in [0.1, 0.15) is 0 Å². The third kappa shape index (κ3) is 5.75. The summed E-state index contributed by atoms with van der Waals surface area (Å²) < 4.78 is 0. The average molecular weight is 395 g/mol. The van der Waals surface area contributed by atoms with E-state index in [0.29, 0.717) is 32.1 Å². The highest BCUT2D eigenvalue weighted by Crippen LogP contribution is 2.24. The van der Waals surface area contributed by atoms with Crippen molar-refractivity contribution in [2.75, 3.05) is 17.2 Å². The van der Waals surface area contributed by atoms with Crippen LogP contribution in [0.25, 0.3) is 0 Å². The molecule has 0 saturated heterocycles. The van der Waals surface area contributed by atoms with Crippen LogP contribution >= 0.6 is 34.8 Å². The molecule has 0 bridgehead atoms. The number of hydrogen-bond acceptors (Lipinski definition) is 3. The summed E-state index contributed by atoms with van der Waals surface area (Å²) in [6, 6.07) is 18.4. The maximum Gasteiger partial charge on any atom is 0.0638 e. The molecule has 3 nitrogen and oxygen atoms in total. The number of hydrogen-bond donors (Lipinski definition) is 3. The summed E-state index contributed by atoms with van der Waals surface area (Å²) >= 11 is 17.5. The Labute approximate surface area is 162 Å². The largest absolute Gasteiger partial charge is 0.398 e. The van der Waals surface area contributed by atoms with Crippen LogP contribution in [0.1, 0.15) is 11.1 Å². The fourth-order valence-corrected chi connectivity index (χ4v) is 2.61.